The van der Waals surface area contributed by atoms with Crippen LogP contribution in [0.1, 0.15) is 15.9 Å². The number of pyridine rings is 1. The van der Waals surface area contributed by atoms with Crippen LogP contribution in [0.3, 0.4) is 0 Å². The first-order valence-corrected chi connectivity index (χ1v) is 6.24. The minimum absolute atomic E-state index is 0.593. The highest BCUT2D eigenvalue weighted by atomic mass is 35.5. The zero-order valence-corrected chi connectivity index (χ0v) is 10.8. The second-order valence-corrected chi connectivity index (χ2v) is 4.99. The van der Waals surface area contributed by atoms with Gasteiger partial charge in [0.1, 0.15) is 5.03 Å². The van der Waals surface area contributed by atoms with Crippen molar-refractivity contribution < 1.29 is 4.79 Å². The molecule has 0 aliphatic rings. The molecule has 0 saturated carbocycles. The largest absolute Gasteiger partial charge is 0.298 e. The lowest BCUT2D eigenvalue weighted by molar-refractivity contribution is 0.112. The van der Waals surface area contributed by atoms with E-state index in [2.05, 4.69) is 4.98 Å². The molecule has 0 fully saturated rings. The fourth-order valence-corrected chi connectivity index (χ4v) is 2.49. The Morgan fingerprint density at radius 2 is 2.18 bits per heavy atom. The molecule has 0 N–H and O–H groups in total. The first-order chi connectivity index (χ1) is 8.20. The standard InChI is InChI=1S/C13H10ClNOS/c1-9-4-5-12(10(7-9)8-16)17-13-11(14)3-2-6-15-13/h2-8H,1H3. The van der Waals surface area contributed by atoms with E-state index in [-0.39, 0.29) is 0 Å². The smallest absolute Gasteiger partial charge is 0.151 e. The molecule has 0 radical (unpaired) electrons. The van der Waals surface area contributed by atoms with Crippen LogP contribution in [0.5, 0.6) is 0 Å². The summed E-state index contributed by atoms with van der Waals surface area (Å²) in [6, 6.07) is 9.29. The molecule has 17 heavy (non-hydrogen) atoms. The number of aryl methyl sites for hydroxylation is 1. The quantitative estimate of drug-likeness (QED) is 0.784. The van der Waals surface area contributed by atoms with Gasteiger partial charge in [0.05, 0.1) is 5.02 Å². The van der Waals surface area contributed by atoms with Gasteiger partial charge in [-0.3, -0.25) is 4.79 Å². The Kier molecular flexibility index (Phi) is 3.82. The number of hydrogen-bond donors (Lipinski definition) is 0. The predicted molar refractivity (Wildman–Crippen MR) is 69.9 cm³/mol. The Bertz CT molecular complexity index is 557. The summed E-state index contributed by atoms with van der Waals surface area (Å²) in [7, 11) is 0. The molecule has 1 heterocycles. The summed E-state index contributed by atoms with van der Waals surface area (Å²) in [6.07, 6.45) is 2.54. The van der Waals surface area contributed by atoms with Gasteiger partial charge in [0.25, 0.3) is 0 Å². The van der Waals surface area contributed by atoms with Crippen molar-refractivity contribution in [3.05, 3.63) is 52.7 Å². The van der Waals surface area contributed by atoms with Crippen molar-refractivity contribution >= 4 is 29.6 Å². The Balaban J connectivity index is 2.36. The lowest BCUT2D eigenvalue weighted by Crippen LogP contribution is -1.88. The van der Waals surface area contributed by atoms with Crippen LogP contribution >= 0.6 is 23.4 Å². The number of rotatable bonds is 3. The average Bonchev–Trinajstić information content (AvgIpc) is 2.34. The van der Waals surface area contributed by atoms with Gasteiger partial charge < -0.3 is 0 Å². The van der Waals surface area contributed by atoms with Gasteiger partial charge >= 0.3 is 0 Å². The van der Waals surface area contributed by atoms with E-state index in [1.54, 1.807) is 18.3 Å². The first kappa shape index (κ1) is 12.1. The molecule has 0 bridgehead atoms. The van der Waals surface area contributed by atoms with E-state index in [9.17, 15) is 4.79 Å². The van der Waals surface area contributed by atoms with Crippen LogP contribution < -0.4 is 0 Å². The van der Waals surface area contributed by atoms with E-state index in [0.29, 0.717) is 15.6 Å². The number of benzene rings is 1. The van der Waals surface area contributed by atoms with E-state index in [1.807, 2.05) is 25.1 Å². The number of halogens is 1. The number of aldehydes is 1. The molecule has 0 spiro atoms. The molecule has 1 aromatic carbocycles. The highest BCUT2D eigenvalue weighted by Gasteiger charge is 2.07. The van der Waals surface area contributed by atoms with Crippen molar-refractivity contribution in [2.75, 3.05) is 0 Å². The number of nitrogens with zero attached hydrogens (tertiary/aromatic N) is 1. The molecule has 86 valence electrons. The lowest BCUT2D eigenvalue weighted by Gasteiger charge is -2.06. The predicted octanol–water partition coefficient (Wildman–Crippen LogP) is 4.01. The molecule has 0 unspecified atom stereocenters. The van der Waals surface area contributed by atoms with Crippen molar-refractivity contribution in [3.63, 3.8) is 0 Å². The minimum atomic E-state index is 0.593. The molecule has 0 saturated heterocycles. The second-order valence-electron chi connectivity index (χ2n) is 3.55. The summed E-state index contributed by atoms with van der Waals surface area (Å²) in [6.45, 7) is 1.95. The van der Waals surface area contributed by atoms with Crippen LogP contribution in [-0.2, 0) is 0 Å². The van der Waals surface area contributed by atoms with Crippen LogP contribution in [0, 0.1) is 6.92 Å². The van der Waals surface area contributed by atoms with E-state index < -0.39 is 0 Å². The fraction of sp³-hybridized carbons (Fsp3) is 0.0769. The summed E-state index contributed by atoms with van der Waals surface area (Å²) in [4.78, 5) is 16.0. The maximum atomic E-state index is 11.0. The van der Waals surface area contributed by atoms with Gasteiger partial charge in [-0.2, -0.15) is 0 Å². The summed E-state index contributed by atoms with van der Waals surface area (Å²) in [5, 5.41) is 1.30. The van der Waals surface area contributed by atoms with Crippen LogP contribution in [0.15, 0.2) is 46.5 Å². The third kappa shape index (κ3) is 2.87. The molecular formula is C13H10ClNOS. The van der Waals surface area contributed by atoms with Crippen molar-refractivity contribution in [2.24, 2.45) is 0 Å². The van der Waals surface area contributed by atoms with Crippen molar-refractivity contribution in [3.8, 4) is 0 Å². The summed E-state index contributed by atoms with van der Waals surface area (Å²) < 4.78 is 0. The Hall–Kier alpha value is -1.32. The lowest BCUT2D eigenvalue weighted by atomic mass is 10.2. The number of hydrogen-bond acceptors (Lipinski definition) is 3. The maximum absolute atomic E-state index is 11.0. The second kappa shape index (κ2) is 5.34. The molecule has 0 aliphatic carbocycles. The van der Waals surface area contributed by atoms with Crippen molar-refractivity contribution in [1.82, 2.24) is 4.98 Å². The Morgan fingerprint density at radius 3 is 2.88 bits per heavy atom. The number of carbonyl (C=O) groups excluding carboxylic acids is 1. The van der Waals surface area contributed by atoms with Gasteiger partial charge in [-0.05, 0) is 31.2 Å². The molecule has 0 aliphatic heterocycles. The SMILES string of the molecule is Cc1ccc(Sc2ncccc2Cl)c(C=O)c1. The van der Waals surface area contributed by atoms with E-state index in [1.165, 1.54) is 11.8 Å². The van der Waals surface area contributed by atoms with E-state index >= 15 is 0 Å². The van der Waals surface area contributed by atoms with Gasteiger partial charge in [0.15, 0.2) is 6.29 Å². The van der Waals surface area contributed by atoms with E-state index in [4.69, 9.17) is 11.6 Å². The Labute approximate surface area is 109 Å². The molecule has 0 atom stereocenters. The van der Waals surface area contributed by atoms with Crippen molar-refractivity contribution in [2.45, 2.75) is 16.8 Å². The summed E-state index contributed by atoms with van der Waals surface area (Å²) in [5.74, 6) is 0. The monoisotopic (exact) mass is 263 g/mol. The van der Waals surface area contributed by atoms with Crippen LogP contribution in [-0.4, -0.2) is 11.3 Å². The third-order valence-electron chi connectivity index (χ3n) is 2.22. The zero-order valence-electron chi connectivity index (χ0n) is 9.18. The normalized spacial score (nSPS) is 10.2. The molecule has 1 aromatic heterocycles. The first-order valence-electron chi connectivity index (χ1n) is 5.05. The fourth-order valence-electron chi connectivity index (χ4n) is 1.40. The maximum Gasteiger partial charge on any atom is 0.151 e. The van der Waals surface area contributed by atoms with Gasteiger partial charge in [-0.1, -0.05) is 35.0 Å². The van der Waals surface area contributed by atoms with Crippen molar-refractivity contribution in [1.29, 1.82) is 0 Å². The van der Waals surface area contributed by atoms with Gasteiger partial charge in [-0.25, -0.2) is 4.98 Å². The third-order valence-corrected chi connectivity index (χ3v) is 3.75. The Morgan fingerprint density at radius 1 is 1.35 bits per heavy atom. The van der Waals surface area contributed by atoms with Gasteiger partial charge in [0.2, 0.25) is 0 Å². The molecule has 2 rings (SSSR count). The van der Waals surface area contributed by atoms with Gasteiger partial charge in [-0.15, -0.1) is 0 Å². The molecule has 2 nitrogen and oxygen atoms in total. The average molecular weight is 264 g/mol. The minimum Gasteiger partial charge on any atom is -0.298 e. The zero-order chi connectivity index (χ0) is 12.3. The molecule has 4 heteroatoms. The highest BCUT2D eigenvalue weighted by molar-refractivity contribution is 7.99. The number of carbonyl (C=O) groups is 1. The topological polar surface area (TPSA) is 30.0 Å². The molecule has 2 aromatic rings. The van der Waals surface area contributed by atoms with Crippen LogP contribution in [0.4, 0.5) is 0 Å². The summed E-state index contributed by atoms with van der Waals surface area (Å²) in [5.41, 5.74) is 1.72. The van der Waals surface area contributed by atoms with Crippen LogP contribution in [0.25, 0.3) is 0 Å². The molecular weight excluding hydrogens is 254 g/mol. The van der Waals surface area contributed by atoms with E-state index in [0.717, 1.165) is 16.7 Å². The number of aromatic nitrogens is 1. The molecule has 0 amide bonds. The summed E-state index contributed by atoms with van der Waals surface area (Å²) >= 11 is 7.43. The van der Waals surface area contributed by atoms with Crippen LogP contribution in [0.2, 0.25) is 5.02 Å². The van der Waals surface area contributed by atoms with Gasteiger partial charge in [0, 0.05) is 16.7 Å². The highest BCUT2D eigenvalue weighted by Crippen LogP contribution is 2.33.